The van der Waals surface area contributed by atoms with E-state index < -0.39 is 6.10 Å². The highest BCUT2D eigenvalue weighted by molar-refractivity contribution is 5.75. The van der Waals surface area contributed by atoms with E-state index in [1.54, 1.807) is 6.92 Å². The van der Waals surface area contributed by atoms with E-state index in [9.17, 15) is 4.79 Å². The number of unbranched alkanes of at least 4 members (excludes halogenated alkanes) is 8. The van der Waals surface area contributed by atoms with Gasteiger partial charge in [0, 0.05) is 13.0 Å². The number of nitrogens with one attached hydrogen (secondary N) is 1. The topological polar surface area (TPSA) is 49.3 Å². The van der Waals surface area contributed by atoms with Crippen molar-refractivity contribution >= 4 is 5.91 Å². The van der Waals surface area contributed by atoms with Crippen LogP contribution in [0.3, 0.4) is 0 Å². The molecule has 0 saturated carbocycles. The van der Waals surface area contributed by atoms with E-state index in [0.29, 0.717) is 13.0 Å². The van der Waals surface area contributed by atoms with Gasteiger partial charge in [0.2, 0.25) is 5.91 Å². The Morgan fingerprint density at radius 1 is 0.917 bits per heavy atom. The lowest BCUT2D eigenvalue weighted by molar-refractivity contribution is -0.121. The van der Waals surface area contributed by atoms with Crippen molar-refractivity contribution in [2.24, 2.45) is 0 Å². The average molecular weight is 338 g/mol. The van der Waals surface area contributed by atoms with Crippen LogP contribution in [-0.4, -0.2) is 23.7 Å². The van der Waals surface area contributed by atoms with Gasteiger partial charge in [-0.25, -0.2) is 0 Å². The SMILES string of the molecule is CCCCCC=CCC=CCCCCCCCC(=O)NCC(C)O. The largest absolute Gasteiger partial charge is 0.392 e. The highest BCUT2D eigenvalue weighted by Crippen LogP contribution is 2.08. The van der Waals surface area contributed by atoms with E-state index in [4.69, 9.17) is 5.11 Å². The second-order valence-electron chi connectivity index (χ2n) is 6.63. The van der Waals surface area contributed by atoms with Crippen molar-refractivity contribution in [3.05, 3.63) is 24.3 Å². The lowest BCUT2D eigenvalue weighted by Gasteiger charge is -2.06. The van der Waals surface area contributed by atoms with Crippen LogP contribution in [0.4, 0.5) is 0 Å². The van der Waals surface area contributed by atoms with E-state index in [1.807, 2.05) is 0 Å². The predicted molar refractivity (Wildman–Crippen MR) is 104 cm³/mol. The van der Waals surface area contributed by atoms with Crippen molar-refractivity contribution in [3.63, 3.8) is 0 Å². The molecule has 2 N–H and O–H groups in total. The fourth-order valence-corrected chi connectivity index (χ4v) is 2.45. The van der Waals surface area contributed by atoms with Crippen LogP contribution in [0.15, 0.2) is 24.3 Å². The van der Waals surface area contributed by atoms with Crippen LogP contribution in [0.2, 0.25) is 0 Å². The fraction of sp³-hybridized carbons (Fsp3) is 0.762. The van der Waals surface area contributed by atoms with Crippen LogP contribution < -0.4 is 5.32 Å². The number of amides is 1. The summed E-state index contributed by atoms with van der Waals surface area (Å²) in [5.41, 5.74) is 0. The first-order valence-corrected chi connectivity index (χ1v) is 9.91. The Hall–Kier alpha value is -1.09. The van der Waals surface area contributed by atoms with Crippen molar-refractivity contribution in [1.82, 2.24) is 5.32 Å². The summed E-state index contributed by atoms with van der Waals surface area (Å²) in [6.07, 6.45) is 22.4. The van der Waals surface area contributed by atoms with Crippen molar-refractivity contribution in [1.29, 1.82) is 0 Å². The molecule has 0 radical (unpaired) electrons. The standard InChI is InChI=1S/C21H39NO2/c1-3-4-5-6-7-8-9-10-11-12-13-14-15-16-17-18-21(24)22-19-20(2)23/h7-8,10-11,20,23H,3-6,9,12-19H2,1-2H3,(H,22,24). The molecular formula is C21H39NO2. The van der Waals surface area contributed by atoms with Gasteiger partial charge in [0.05, 0.1) is 6.10 Å². The number of hydrogen-bond acceptors (Lipinski definition) is 2. The molecule has 24 heavy (non-hydrogen) atoms. The van der Waals surface area contributed by atoms with Gasteiger partial charge in [-0.05, 0) is 45.4 Å². The molecule has 0 aliphatic heterocycles. The number of rotatable bonds is 16. The van der Waals surface area contributed by atoms with Crippen molar-refractivity contribution in [2.75, 3.05) is 6.54 Å². The van der Waals surface area contributed by atoms with Gasteiger partial charge in [0.25, 0.3) is 0 Å². The Labute approximate surface area is 149 Å². The Kier molecular flexibility index (Phi) is 17.4. The zero-order valence-corrected chi connectivity index (χ0v) is 15.9. The Balaban J connectivity index is 3.27. The maximum absolute atomic E-state index is 11.4. The minimum absolute atomic E-state index is 0.0570. The van der Waals surface area contributed by atoms with E-state index >= 15 is 0 Å². The van der Waals surface area contributed by atoms with E-state index in [2.05, 4.69) is 36.5 Å². The molecule has 0 aromatic heterocycles. The molecule has 0 saturated heterocycles. The molecule has 3 nitrogen and oxygen atoms in total. The molecule has 0 aliphatic rings. The number of aliphatic hydroxyl groups excluding tert-OH is 1. The maximum Gasteiger partial charge on any atom is 0.220 e. The van der Waals surface area contributed by atoms with Crippen molar-refractivity contribution < 1.29 is 9.90 Å². The quantitative estimate of drug-likeness (QED) is 0.297. The molecule has 0 aromatic carbocycles. The molecule has 1 unspecified atom stereocenters. The Morgan fingerprint density at radius 3 is 2.12 bits per heavy atom. The first-order chi connectivity index (χ1) is 11.7. The molecule has 1 atom stereocenters. The number of carbonyl (C=O) groups is 1. The van der Waals surface area contributed by atoms with Crippen LogP contribution in [0.1, 0.15) is 90.9 Å². The molecule has 0 rings (SSSR count). The fourth-order valence-electron chi connectivity index (χ4n) is 2.45. The lowest BCUT2D eigenvalue weighted by atomic mass is 10.1. The summed E-state index contributed by atoms with van der Waals surface area (Å²) in [6.45, 7) is 4.28. The minimum Gasteiger partial charge on any atom is -0.392 e. The molecule has 3 heteroatoms. The number of carbonyl (C=O) groups excluding carboxylic acids is 1. The highest BCUT2D eigenvalue weighted by Gasteiger charge is 2.02. The van der Waals surface area contributed by atoms with E-state index in [1.165, 1.54) is 51.4 Å². The predicted octanol–water partition coefficient (Wildman–Crippen LogP) is 5.30. The van der Waals surface area contributed by atoms with Crippen molar-refractivity contribution in [3.8, 4) is 0 Å². The third-order valence-corrected chi connectivity index (χ3v) is 3.95. The van der Waals surface area contributed by atoms with Crippen LogP contribution in [0.5, 0.6) is 0 Å². The summed E-state index contributed by atoms with van der Waals surface area (Å²) in [5, 5.41) is 11.8. The molecule has 0 aliphatic carbocycles. The maximum atomic E-state index is 11.4. The van der Waals surface area contributed by atoms with Gasteiger partial charge in [0.15, 0.2) is 0 Å². The van der Waals surface area contributed by atoms with Crippen LogP contribution in [0.25, 0.3) is 0 Å². The van der Waals surface area contributed by atoms with Crippen LogP contribution in [-0.2, 0) is 4.79 Å². The first-order valence-electron chi connectivity index (χ1n) is 9.91. The van der Waals surface area contributed by atoms with Gasteiger partial charge in [-0.3, -0.25) is 4.79 Å². The molecule has 0 spiro atoms. The molecular weight excluding hydrogens is 298 g/mol. The Morgan fingerprint density at radius 2 is 1.50 bits per heavy atom. The first kappa shape index (κ1) is 22.9. The van der Waals surface area contributed by atoms with E-state index in [0.717, 1.165) is 19.3 Å². The van der Waals surface area contributed by atoms with Gasteiger partial charge >= 0.3 is 0 Å². The summed E-state index contributed by atoms with van der Waals surface area (Å²) in [6, 6.07) is 0. The molecule has 1 amide bonds. The smallest absolute Gasteiger partial charge is 0.220 e. The van der Waals surface area contributed by atoms with Gasteiger partial charge in [-0.2, -0.15) is 0 Å². The number of hydrogen-bond donors (Lipinski definition) is 2. The van der Waals surface area contributed by atoms with E-state index in [-0.39, 0.29) is 5.91 Å². The normalized spacial score (nSPS) is 13.0. The van der Waals surface area contributed by atoms with Gasteiger partial charge in [-0.1, -0.05) is 63.3 Å². The number of allylic oxidation sites excluding steroid dienone is 4. The number of aliphatic hydroxyl groups is 1. The van der Waals surface area contributed by atoms with Gasteiger partial charge in [0.1, 0.15) is 0 Å². The summed E-state index contributed by atoms with van der Waals surface area (Å²) in [4.78, 5) is 11.4. The van der Waals surface area contributed by atoms with Crippen LogP contribution in [0, 0.1) is 0 Å². The summed E-state index contributed by atoms with van der Waals surface area (Å²) < 4.78 is 0. The zero-order chi connectivity index (χ0) is 17.9. The zero-order valence-electron chi connectivity index (χ0n) is 15.9. The molecule has 140 valence electrons. The monoisotopic (exact) mass is 337 g/mol. The molecule has 0 fully saturated rings. The summed E-state index contributed by atoms with van der Waals surface area (Å²) in [7, 11) is 0. The van der Waals surface area contributed by atoms with Gasteiger partial charge < -0.3 is 10.4 Å². The Bertz CT molecular complexity index is 335. The van der Waals surface area contributed by atoms with Crippen LogP contribution >= 0.6 is 0 Å². The second-order valence-corrected chi connectivity index (χ2v) is 6.63. The highest BCUT2D eigenvalue weighted by atomic mass is 16.3. The minimum atomic E-state index is -0.460. The molecule has 0 bridgehead atoms. The molecule has 0 aromatic rings. The van der Waals surface area contributed by atoms with Crippen molar-refractivity contribution in [2.45, 2.75) is 97.0 Å². The molecule has 0 heterocycles. The lowest BCUT2D eigenvalue weighted by Crippen LogP contribution is -2.30. The third kappa shape index (κ3) is 19.0. The summed E-state index contributed by atoms with van der Waals surface area (Å²) in [5.74, 6) is 0.0570. The third-order valence-electron chi connectivity index (χ3n) is 3.95. The average Bonchev–Trinajstić information content (AvgIpc) is 2.56. The van der Waals surface area contributed by atoms with Gasteiger partial charge in [-0.15, -0.1) is 0 Å². The second kappa shape index (κ2) is 18.3. The summed E-state index contributed by atoms with van der Waals surface area (Å²) >= 11 is 0.